The lowest BCUT2D eigenvalue weighted by molar-refractivity contribution is -0.384. The first kappa shape index (κ1) is 30.1. The largest absolute Gasteiger partial charge is 0.454 e. The normalized spacial score (nSPS) is 24.9. The zero-order valence-corrected chi connectivity index (χ0v) is 27.2. The van der Waals surface area contributed by atoms with Gasteiger partial charge in [0.1, 0.15) is 5.69 Å². The van der Waals surface area contributed by atoms with E-state index in [2.05, 4.69) is 0 Å². The second-order valence-corrected chi connectivity index (χ2v) is 13.3. The molecule has 0 radical (unpaired) electrons. The van der Waals surface area contributed by atoms with Crippen molar-refractivity contribution in [3.63, 3.8) is 0 Å². The first-order valence-corrected chi connectivity index (χ1v) is 16.7. The number of nitro groups is 1. The molecule has 10 rings (SSSR count). The van der Waals surface area contributed by atoms with Crippen molar-refractivity contribution in [2.75, 3.05) is 18.5 Å². The second-order valence-electron chi connectivity index (χ2n) is 13.3. The van der Waals surface area contributed by atoms with Gasteiger partial charge in [0.2, 0.25) is 25.4 Å². The summed E-state index contributed by atoms with van der Waals surface area (Å²) in [6, 6.07) is 34.5. The van der Waals surface area contributed by atoms with Gasteiger partial charge in [0.05, 0.1) is 27.6 Å². The number of hydrogen-bond acceptors (Lipinski definition) is 9. The van der Waals surface area contributed by atoms with E-state index in [9.17, 15) is 10.1 Å². The van der Waals surface area contributed by atoms with E-state index in [1.807, 2.05) is 24.3 Å². The topological polar surface area (TPSA) is 135 Å². The number of fused-ring (bicyclic) bond motifs is 7. The number of carbonyl (C=O) groups excluding carboxylic acids is 3. The minimum Gasteiger partial charge on any atom is -0.454 e. The fraction of sp³-hybridized carbons (Fsp3) is 0.146. The number of imide groups is 1. The number of carbonyl (C=O) groups is 3. The molecule has 5 aromatic carbocycles. The van der Waals surface area contributed by atoms with Gasteiger partial charge in [-0.1, -0.05) is 84.9 Å². The third-order valence-corrected chi connectivity index (χ3v) is 11.1. The molecule has 52 heavy (non-hydrogen) atoms. The number of benzene rings is 5. The highest BCUT2D eigenvalue weighted by Crippen LogP contribution is 2.75. The molecule has 11 nitrogen and oxygen atoms in total. The van der Waals surface area contributed by atoms with E-state index in [0.717, 1.165) is 4.90 Å². The van der Waals surface area contributed by atoms with Crippen molar-refractivity contribution >= 4 is 40.1 Å². The van der Waals surface area contributed by atoms with Crippen molar-refractivity contribution in [1.82, 2.24) is 0 Å². The van der Waals surface area contributed by atoms with E-state index in [0.29, 0.717) is 56.4 Å². The Balaban J connectivity index is 1.37. The molecule has 1 saturated carbocycles. The van der Waals surface area contributed by atoms with Crippen molar-refractivity contribution in [3.05, 3.63) is 154 Å². The van der Waals surface area contributed by atoms with Crippen molar-refractivity contribution in [2.24, 2.45) is 11.8 Å². The number of ketones is 1. The lowest BCUT2D eigenvalue weighted by Crippen LogP contribution is -2.45. The molecule has 0 spiro atoms. The molecule has 0 aromatic heterocycles. The van der Waals surface area contributed by atoms with Crippen LogP contribution in [0.2, 0.25) is 0 Å². The summed E-state index contributed by atoms with van der Waals surface area (Å²) in [6.45, 7) is 0.0398. The van der Waals surface area contributed by atoms with Gasteiger partial charge in [-0.05, 0) is 63.7 Å². The second kappa shape index (κ2) is 10.6. The molecule has 2 fully saturated rings. The van der Waals surface area contributed by atoms with Crippen LogP contribution < -0.4 is 23.8 Å². The van der Waals surface area contributed by atoms with Gasteiger partial charge in [-0.3, -0.25) is 24.5 Å². The summed E-state index contributed by atoms with van der Waals surface area (Å²) in [7, 11) is 0. The Morgan fingerprint density at radius 1 is 0.577 bits per heavy atom. The molecule has 5 aliphatic rings. The Morgan fingerprint density at radius 2 is 1.02 bits per heavy atom. The Bertz CT molecular complexity index is 2310. The van der Waals surface area contributed by atoms with Crippen LogP contribution in [0.3, 0.4) is 0 Å². The molecule has 3 aliphatic heterocycles. The summed E-state index contributed by atoms with van der Waals surface area (Å²) in [4.78, 5) is 59.3. The fourth-order valence-corrected chi connectivity index (χ4v) is 9.27. The Morgan fingerprint density at radius 3 is 1.50 bits per heavy atom. The minimum atomic E-state index is -1.73. The van der Waals surface area contributed by atoms with E-state index >= 15 is 14.4 Å². The summed E-state index contributed by atoms with van der Waals surface area (Å²) in [5.74, 6) is -2.27. The van der Waals surface area contributed by atoms with Gasteiger partial charge in [0.15, 0.2) is 28.8 Å². The molecule has 11 heteroatoms. The molecule has 2 amide bonds. The molecule has 3 heterocycles. The molecule has 254 valence electrons. The number of nitro benzene ring substituents is 1. The molecule has 0 N–H and O–H groups in total. The number of hydrogen-bond donors (Lipinski definition) is 0. The molecule has 2 aliphatic carbocycles. The third-order valence-electron chi connectivity index (χ3n) is 11.1. The first-order chi connectivity index (χ1) is 25.4. The van der Waals surface area contributed by atoms with Gasteiger partial charge in [-0.2, -0.15) is 0 Å². The maximum Gasteiger partial charge on any atom is 0.293 e. The summed E-state index contributed by atoms with van der Waals surface area (Å²) in [6.07, 6.45) is 0. The van der Waals surface area contributed by atoms with Gasteiger partial charge in [-0.15, -0.1) is 0 Å². The van der Waals surface area contributed by atoms with Crippen LogP contribution in [-0.2, 0) is 25.2 Å². The van der Waals surface area contributed by atoms with Crippen molar-refractivity contribution < 1.29 is 38.3 Å². The zero-order valence-electron chi connectivity index (χ0n) is 27.2. The summed E-state index contributed by atoms with van der Waals surface area (Å²) >= 11 is 0. The maximum atomic E-state index is 16.2. The van der Waals surface area contributed by atoms with Gasteiger partial charge in [0, 0.05) is 6.07 Å². The first-order valence-electron chi connectivity index (χ1n) is 16.7. The SMILES string of the molecule is O=C1[C@@H]2[C@H](C(=O)N1c1ccccc1[N+](=O)[O-])[C@@]1(c3ccccc3)C(=O)[C@@]2(c2ccccc2)C(c2ccc3c(c2)OCO3)=C1c1ccc2c(c1)OCO2. The molecule has 0 unspecified atom stereocenters. The number of para-hydroxylation sites is 2. The van der Waals surface area contributed by atoms with Crippen LogP contribution in [0, 0.1) is 22.0 Å². The zero-order chi connectivity index (χ0) is 35.4. The lowest BCUT2D eigenvalue weighted by atomic mass is 9.59. The Kier molecular flexibility index (Phi) is 6.15. The predicted octanol–water partition coefficient (Wildman–Crippen LogP) is 6.24. The summed E-state index contributed by atoms with van der Waals surface area (Å²) in [5, 5.41) is 12.3. The standard InChI is InChI=1S/C41H26N2O9/c44-37-35-36(38(45)42(37)27-13-7-8-14-28(27)43(47)48)41(26-11-5-2-6-12-26)34(24-16-18-30-32(20-24)52-22-50-30)33(23-15-17-29-31(19-23)51-21-49-29)40(35,39(41)46)25-9-3-1-4-10-25/h1-20,35-36H,21-22H2/t35-,36+,40-,41-/m0/s1. The van der Waals surface area contributed by atoms with Crippen molar-refractivity contribution in [3.8, 4) is 23.0 Å². The van der Waals surface area contributed by atoms with E-state index in [1.54, 1.807) is 78.9 Å². The van der Waals surface area contributed by atoms with Gasteiger partial charge in [0.25, 0.3) is 5.69 Å². The fourth-order valence-electron chi connectivity index (χ4n) is 9.27. The van der Waals surface area contributed by atoms with Crippen LogP contribution in [0.5, 0.6) is 23.0 Å². The van der Waals surface area contributed by atoms with Gasteiger partial charge >= 0.3 is 0 Å². The van der Waals surface area contributed by atoms with Gasteiger partial charge in [-0.25, -0.2) is 4.90 Å². The van der Waals surface area contributed by atoms with Crippen LogP contribution in [-0.4, -0.2) is 36.1 Å². The molecular weight excluding hydrogens is 664 g/mol. The smallest absolute Gasteiger partial charge is 0.293 e. The van der Waals surface area contributed by atoms with Crippen LogP contribution in [0.4, 0.5) is 11.4 Å². The monoisotopic (exact) mass is 690 g/mol. The highest BCUT2D eigenvalue weighted by atomic mass is 16.7. The average molecular weight is 691 g/mol. The summed E-state index contributed by atoms with van der Waals surface area (Å²) < 4.78 is 23.0. The van der Waals surface area contributed by atoms with Crippen LogP contribution >= 0.6 is 0 Å². The predicted molar refractivity (Wildman–Crippen MR) is 186 cm³/mol. The third kappa shape index (κ3) is 3.61. The number of nitrogens with zero attached hydrogens (tertiary/aromatic N) is 2. The Hall–Kier alpha value is -6.75. The van der Waals surface area contributed by atoms with Gasteiger partial charge < -0.3 is 18.9 Å². The maximum absolute atomic E-state index is 16.2. The van der Waals surface area contributed by atoms with Crippen molar-refractivity contribution in [1.29, 1.82) is 0 Å². The molecule has 5 aromatic rings. The van der Waals surface area contributed by atoms with Crippen LogP contribution in [0.25, 0.3) is 11.1 Å². The quantitative estimate of drug-likeness (QED) is 0.115. The highest BCUT2D eigenvalue weighted by molar-refractivity contribution is 6.39. The van der Waals surface area contributed by atoms with E-state index < -0.39 is 45.1 Å². The molecule has 4 atom stereocenters. The number of rotatable bonds is 6. The Labute approximate surface area is 295 Å². The number of ether oxygens (including phenoxy) is 4. The molecule has 2 bridgehead atoms. The summed E-state index contributed by atoms with van der Waals surface area (Å²) in [5.41, 5.74) is -0.741. The highest BCUT2D eigenvalue weighted by Gasteiger charge is 2.83. The number of allylic oxidation sites excluding steroid dienone is 2. The van der Waals surface area contributed by atoms with Crippen molar-refractivity contribution in [2.45, 2.75) is 10.8 Å². The molecular formula is C41H26N2O9. The lowest BCUT2D eigenvalue weighted by Gasteiger charge is -2.39. The minimum absolute atomic E-state index is 0.0199. The average Bonchev–Trinajstić information content (AvgIpc) is 3.98. The number of Topliss-reactive ketones (excluding diaryl/α,β-unsaturated/α-hetero) is 1. The number of amides is 2. The van der Waals surface area contributed by atoms with E-state index in [1.165, 1.54) is 18.2 Å². The van der Waals surface area contributed by atoms with Crippen LogP contribution in [0.15, 0.2) is 121 Å². The van der Waals surface area contributed by atoms with E-state index in [-0.39, 0.29) is 25.1 Å². The molecule has 1 saturated heterocycles. The van der Waals surface area contributed by atoms with E-state index in [4.69, 9.17) is 18.9 Å². The van der Waals surface area contributed by atoms with Crippen LogP contribution in [0.1, 0.15) is 22.3 Å². The number of anilines is 1.